The minimum Gasteiger partial charge on any atom is -0.469 e. The minimum atomic E-state index is -0.327. The summed E-state index contributed by atoms with van der Waals surface area (Å²) >= 11 is 1.47. The highest BCUT2D eigenvalue weighted by molar-refractivity contribution is 7.18. The summed E-state index contributed by atoms with van der Waals surface area (Å²) in [7, 11) is 1.34. The van der Waals surface area contributed by atoms with Crippen LogP contribution in [0.1, 0.15) is 34.7 Å². The zero-order chi connectivity index (χ0) is 19.6. The largest absolute Gasteiger partial charge is 0.469 e. The Morgan fingerprint density at radius 3 is 2.74 bits per heavy atom. The van der Waals surface area contributed by atoms with Gasteiger partial charge >= 0.3 is 5.97 Å². The Labute approximate surface area is 160 Å². The fourth-order valence-corrected chi connectivity index (χ4v) is 4.07. The van der Waals surface area contributed by atoms with Gasteiger partial charge in [-0.1, -0.05) is 18.2 Å². The van der Waals surface area contributed by atoms with Crippen molar-refractivity contribution < 1.29 is 13.9 Å². The van der Waals surface area contributed by atoms with Crippen LogP contribution in [0.5, 0.6) is 0 Å². The van der Waals surface area contributed by atoms with Crippen molar-refractivity contribution in [2.24, 2.45) is 0 Å². The van der Waals surface area contributed by atoms with Gasteiger partial charge in [-0.3, -0.25) is 14.2 Å². The third-order valence-corrected chi connectivity index (χ3v) is 5.77. The van der Waals surface area contributed by atoms with E-state index in [0.29, 0.717) is 34.6 Å². The van der Waals surface area contributed by atoms with E-state index in [2.05, 4.69) is 9.72 Å². The van der Waals surface area contributed by atoms with E-state index < -0.39 is 0 Å². The van der Waals surface area contributed by atoms with Crippen LogP contribution in [-0.2, 0) is 22.5 Å². The maximum absolute atomic E-state index is 14.1. The number of hydrogen-bond donors (Lipinski definition) is 0. The summed E-state index contributed by atoms with van der Waals surface area (Å²) in [5, 5.41) is 0.604. The van der Waals surface area contributed by atoms with Crippen molar-refractivity contribution in [1.82, 2.24) is 9.55 Å². The second kappa shape index (κ2) is 8.00. The standard InChI is InChI=1S/C20H21FN2O3S/c1-12-13(2)27-19-18(12)20(25)23(10-6-9-17(24)26-3)16(22-19)11-14-7-4-5-8-15(14)21/h4-5,7-8H,6,9-11H2,1-3H3. The van der Waals surface area contributed by atoms with Crippen LogP contribution in [0.2, 0.25) is 0 Å². The van der Waals surface area contributed by atoms with Gasteiger partial charge in [0.15, 0.2) is 0 Å². The first-order valence-corrected chi connectivity index (χ1v) is 9.53. The van der Waals surface area contributed by atoms with Crippen LogP contribution < -0.4 is 5.56 Å². The topological polar surface area (TPSA) is 61.2 Å². The molecule has 142 valence electrons. The maximum Gasteiger partial charge on any atom is 0.305 e. The van der Waals surface area contributed by atoms with E-state index in [0.717, 1.165) is 10.4 Å². The molecule has 0 atom stereocenters. The summed E-state index contributed by atoms with van der Waals surface area (Å²) in [5.74, 6) is -0.148. The molecule has 0 aliphatic carbocycles. The highest BCUT2D eigenvalue weighted by atomic mass is 32.1. The number of esters is 1. The van der Waals surface area contributed by atoms with Gasteiger partial charge in [-0.25, -0.2) is 9.37 Å². The molecule has 2 aromatic heterocycles. The van der Waals surface area contributed by atoms with E-state index >= 15 is 0 Å². The second-order valence-corrected chi connectivity index (χ2v) is 7.60. The van der Waals surface area contributed by atoms with E-state index in [1.54, 1.807) is 22.8 Å². The molecular weight excluding hydrogens is 367 g/mol. The van der Waals surface area contributed by atoms with Crippen molar-refractivity contribution in [3.8, 4) is 0 Å². The summed E-state index contributed by atoms with van der Waals surface area (Å²) in [6.07, 6.45) is 0.875. The van der Waals surface area contributed by atoms with Gasteiger partial charge in [-0.05, 0) is 37.5 Å². The average Bonchev–Trinajstić information content (AvgIpc) is 2.93. The fourth-order valence-electron chi connectivity index (χ4n) is 3.03. The number of aryl methyl sites for hydroxylation is 2. The number of thiophene rings is 1. The quantitative estimate of drug-likeness (QED) is 0.603. The number of rotatable bonds is 6. The third kappa shape index (κ3) is 3.93. The molecule has 0 bridgehead atoms. The Balaban J connectivity index is 2.06. The highest BCUT2D eigenvalue weighted by Crippen LogP contribution is 2.27. The lowest BCUT2D eigenvalue weighted by molar-refractivity contribution is -0.140. The molecule has 1 aromatic carbocycles. The summed E-state index contributed by atoms with van der Waals surface area (Å²) in [5.41, 5.74) is 1.26. The Morgan fingerprint density at radius 1 is 1.30 bits per heavy atom. The van der Waals surface area contributed by atoms with Crippen molar-refractivity contribution in [2.45, 2.75) is 39.7 Å². The Bertz CT molecular complexity index is 1060. The van der Waals surface area contributed by atoms with E-state index in [1.165, 1.54) is 24.5 Å². The molecule has 2 heterocycles. The first-order valence-electron chi connectivity index (χ1n) is 8.72. The van der Waals surface area contributed by atoms with Crippen LogP contribution in [0.25, 0.3) is 10.2 Å². The lowest BCUT2D eigenvalue weighted by Gasteiger charge is -2.13. The number of carbonyl (C=O) groups excluding carboxylic acids is 1. The molecule has 7 heteroatoms. The van der Waals surface area contributed by atoms with Gasteiger partial charge in [0.2, 0.25) is 0 Å². The van der Waals surface area contributed by atoms with Gasteiger partial charge in [0.05, 0.1) is 12.5 Å². The lowest BCUT2D eigenvalue weighted by Crippen LogP contribution is -2.26. The van der Waals surface area contributed by atoms with Crippen molar-refractivity contribution >= 4 is 27.5 Å². The van der Waals surface area contributed by atoms with Crippen molar-refractivity contribution in [3.05, 3.63) is 62.3 Å². The smallest absolute Gasteiger partial charge is 0.305 e. The second-order valence-electron chi connectivity index (χ2n) is 6.40. The Kier molecular flexibility index (Phi) is 5.70. The molecule has 0 radical (unpaired) electrons. The summed E-state index contributed by atoms with van der Waals surface area (Å²) < 4.78 is 20.3. The first-order chi connectivity index (χ1) is 12.9. The van der Waals surface area contributed by atoms with Gasteiger partial charge in [0.25, 0.3) is 5.56 Å². The molecule has 0 N–H and O–H groups in total. The minimum absolute atomic E-state index is 0.141. The van der Waals surface area contributed by atoms with Crippen LogP contribution in [0.4, 0.5) is 4.39 Å². The average molecular weight is 388 g/mol. The van der Waals surface area contributed by atoms with Crippen LogP contribution in [0.15, 0.2) is 29.1 Å². The Hall–Kier alpha value is -2.54. The molecule has 0 aliphatic heterocycles. The van der Waals surface area contributed by atoms with E-state index in [-0.39, 0.29) is 30.2 Å². The fraction of sp³-hybridized carbons (Fsp3) is 0.350. The number of aromatic nitrogens is 2. The molecule has 5 nitrogen and oxygen atoms in total. The molecular formula is C20H21FN2O3S. The zero-order valence-corrected chi connectivity index (χ0v) is 16.4. The van der Waals surface area contributed by atoms with Crippen LogP contribution in [0, 0.1) is 19.7 Å². The monoisotopic (exact) mass is 388 g/mol. The molecule has 0 aliphatic rings. The van der Waals surface area contributed by atoms with Gasteiger partial charge in [0.1, 0.15) is 16.5 Å². The third-order valence-electron chi connectivity index (χ3n) is 4.66. The number of benzene rings is 1. The van der Waals surface area contributed by atoms with E-state index in [1.807, 2.05) is 13.8 Å². The van der Waals surface area contributed by atoms with Crippen molar-refractivity contribution in [2.75, 3.05) is 7.11 Å². The number of hydrogen-bond acceptors (Lipinski definition) is 5. The summed E-state index contributed by atoms with van der Waals surface area (Å²) in [4.78, 5) is 30.9. The maximum atomic E-state index is 14.1. The summed E-state index contributed by atoms with van der Waals surface area (Å²) in [6.45, 7) is 4.20. The van der Waals surface area contributed by atoms with Gasteiger partial charge < -0.3 is 4.74 Å². The molecule has 0 spiro atoms. The van der Waals surface area contributed by atoms with Gasteiger partial charge in [-0.2, -0.15) is 0 Å². The number of halogens is 1. The van der Waals surface area contributed by atoms with Crippen molar-refractivity contribution in [3.63, 3.8) is 0 Å². The van der Waals surface area contributed by atoms with Crippen LogP contribution in [-0.4, -0.2) is 22.6 Å². The van der Waals surface area contributed by atoms with Crippen LogP contribution >= 0.6 is 11.3 Å². The molecule has 0 saturated heterocycles. The lowest BCUT2D eigenvalue weighted by atomic mass is 10.1. The normalized spacial score (nSPS) is 11.1. The molecule has 27 heavy (non-hydrogen) atoms. The molecule has 0 amide bonds. The molecule has 0 saturated carbocycles. The van der Waals surface area contributed by atoms with Gasteiger partial charge in [-0.15, -0.1) is 11.3 Å². The van der Waals surface area contributed by atoms with E-state index in [4.69, 9.17) is 0 Å². The predicted octanol–water partition coefficient (Wildman–Crippen LogP) is 3.76. The Morgan fingerprint density at radius 2 is 2.04 bits per heavy atom. The first kappa shape index (κ1) is 19.2. The number of fused-ring (bicyclic) bond motifs is 1. The van der Waals surface area contributed by atoms with Crippen molar-refractivity contribution in [1.29, 1.82) is 0 Å². The number of methoxy groups -OCH3 is 1. The summed E-state index contributed by atoms with van der Waals surface area (Å²) in [6, 6.07) is 6.48. The number of carbonyl (C=O) groups is 1. The number of ether oxygens (including phenoxy) is 1. The molecule has 3 rings (SSSR count). The predicted molar refractivity (Wildman–Crippen MR) is 104 cm³/mol. The van der Waals surface area contributed by atoms with E-state index in [9.17, 15) is 14.0 Å². The van der Waals surface area contributed by atoms with Crippen LogP contribution in [0.3, 0.4) is 0 Å². The molecule has 0 unspecified atom stereocenters. The zero-order valence-electron chi connectivity index (χ0n) is 15.5. The molecule has 0 fully saturated rings. The van der Waals surface area contributed by atoms with Gasteiger partial charge in [0, 0.05) is 24.3 Å². The molecule has 3 aromatic rings. The number of nitrogens with zero attached hydrogens (tertiary/aromatic N) is 2. The highest BCUT2D eigenvalue weighted by Gasteiger charge is 2.17. The SMILES string of the molecule is COC(=O)CCCn1c(Cc2ccccc2F)nc2sc(C)c(C)c2c1=O.